The first-order chi connectivity index (χ1) is 5.75. The standard InChI is InChI=1S/C10H9O2/c1-2-5-8-6-3-4-7-9(8)10(11)12/h2-7H,1H3/b5-2+. The minimum atomic E-state index is -1.14. The highest BCUT2D eigenvalue weighted by Gasteiger charge is 2.07. The van der Waals surface area contributed by atoms with Gasteiger partial charge >= 0.3 is 5.97 Å². The van der Waals surface area contributed by atoms with Crippen LogP contribution in [0.25, 0.3) is 6.08 Å². The van der Waals surface area contributed by atoms with Gasteiger partial charge in [-0.2, -0.15) is 0 Å². The summed E-state index contributed by atoms with van der Waals surface area (Å²) in [6.07, 6.45) is 3.53. The van der Waals surface area contributed by atoms with Gasteiger partial charge in [0.2, 0.25) is 0 Å². The molecule has 0 spiro atoms. The van der Waals surface area contributed by atoms with Crippen molar-refractivity contribution in [3.8, 4) is 0 Å². The lowest BCUT2D eigenvalue weighted by Crippen LogP contribution is -1.96. The monoisotopic (exact) mass is 161 g/mol. The summed E-state index contributed by atoms with van der Waals surface area (Å²) in [6, 6.07) is 6.75. The molecule has 1 aromatic carbocycles. The lowest BCUT2D eigenvalue weighted by atomic mass is 10.1. The Labute approximate surface area is 71.2 Å². The topological polar surface area (TPSA) is 37.0 Å². The van der Waals surface area contributed by atoms with Crippen LogP contribution in [0.15, 0.2) is 30.3 Å². The van der Waals surface area contributed by atoms with Gasteiger partial charge in [-0.1, -0.05) is 30.4 Å². The van der Waals surface area contributed by atoms with E-state index in [1.54, 1.807) is 30.4 Å². The molecule has 0 saturated carbocycles. The predicted molar refractivity (Wildman–Crippen MR) is 46.2 cm³/mol. The zero-order valence-electron chi connectivity index (χ0n) is 6.78. The van der Waals surface area contributed by atoms with Crippen LogP contribution in [-0.2, 0) is 5.11 Å². The molecule has 1 rings (SSSR count). The number of carbonyl (C=O) groups excluding carboxylic acids is 1. The zero-order chi connectivity index (χ0) is 8.97. The zero-order valence-corrected chi connectivity index (χ0v) is 6.78. The quantitative estimate of drug-likeness (QED) is 0.655. The van der Waals surface area contributed by atoms with Gasteiger partial charge in [-0.25, -0.2) is 9.90 Å². The molecule has 0 aliphatic rings. The Hall–Kier alpha value is -1.57. The number of hydrogen-bond acceptors (Lipinski definition) is 1. The van der Waals surface area contributed by atoms with Crippen molar-refractivity contribution in [1.82, 2.24) is 0 Å². The Morgan fingerprint density at radius 1 is 1.33 bits per heavy atom. The molecule has 0 unspecified atom stereocenters. The highest BCUT2D eigenvalue weighted by molar-refractivity contribution is 5.91. The summed E-state index contributed by atoms with van der Waals surface area (Å²) in [7, 11) is 0. The Bertz CT molecular complexity index is 313. The minimum absolute atomic E-state index is 0.232. The highest BCUT2D eigenvalue weighted by Crippen LogP contribution is 2.10. The predicted octanol–water partition coefficient (Wildman–Crippen LogP) is 2.29. The normalized spacial score (nSPS) is 10.4. The molecule has 0 saturated heterocycles. The van der Waals surface area contributed by atoms with Gasteiger partial charge in [0.05, 0.1) is 5.56 Å². The van der Waals surface area contributed by atoms with Crippen LogP contribution in [0.3, 0.4) is 0 Å². The fourth-order valence-corrected chi connectivity index (χ4v) is 1.01. The van der Waals surface area contributed by atoms with Crippen LogP contribution in [0.4, 0.5) is 0 Å². The second kappa shape index (κ2) is 3.72. The molecule has 0 amide bonds. The Kier molecular flexibility index (Phi) is 2.64. The first-order valence-corrected chi connectivity index (χ1v) is 3.68. The third-order valence-electron chi connectivity index (χ3n) is 1.53. The molecule has 0 aliphatic heterocycles. The molecule has 12 heavy (non-hydrogen) atoms. The van der Waals surface area contributed by atoms with Gasteiger partial charge in [0.15, 0.2) is 0 Å². The molecule has 1 aromatic rings. The lowest BCUT2D eigenvalue weighted by Gasteiger charge is -1.96. The van der Waals surface area contributed by atoms with Crippen molar-refractivity contribution < 1.29 is 9.90 Å². The number of benzene rings is 1. The van der Waals surface area contributed by atoms with Crippen molar-refractivity contribution in [1.29, 1.82) is 0 Å². The maximum Gasteiger partial charge on any atom is 0.386 e. The summed E-state index contributed by atoms with van der Waals surface area (Å²) in [5.41, 5.74) is 0.913. The summed E-state index contributed by atoms with van der Waals surface area (Å²) in [6.45, 7) is 1.84. The Balaban J connectivity index is 3.17. The third kappa shape index (κ3) is 1.72. The van der Waals surface area contributed by atoms with Gasteiger partial charge in [0.1, 0.15) is 0 Å². The largest absolute Gasteiger partial charge is 0.386 e. The average Bonchev–Trinajstić information content (AvgIpc) is 2.05. The van der Waals surface area contributed by atoms with Crippen molar-refractivity contribution in [3.05, 3.63) is 41.5 Å². The SMILES string of the molecule is C/C=C/c1ccccc1C([O])=O. The molecule has 0 atom stereocenters. The van der Waals surface area contributed by atoms with E-state index < -0.39 is 5.97 Å². The van der Waals surface area contributed by atoms with E-state index in [0.717, 1.165) is 0 Å². The summed E-state index contributed by atoms with van der Waals surface area (Å²) in [5.74, 6) is -1.14. The smallest absolute Gasteiger partial charge is 0.241 e. The van der Waals surface area contributed by atoms with Crippen LogP contribution >= 0.6 is 0 Å². The molecule has 0 aromatic heterocycles. The van der Waals surface area contributed by atoms with Crippen LogP contribution in [-0.4, -0.2) is 5.97 Å². The molecular formula is C10H9O2. The van der Waals surface area contributed by atoms with Crippen molar-refractivity contribution in [2.24, 2.45) is 0 Å². The van der Waals surface area contributed by atoms with Gasteiger partial charge in [0.25, 0.3) is 0 Å². The minimum Gasteiger partial charge on any atom is -0.241 e. The van der Waals surface area contributed by atoms with Crippen molar-refractivity contribution in [2.75, 3.05) is 0 Å². The van der Waals surface area contributed by atoms with E-state index in [0.29, 0.717) is 5.56 Å². The second-order valence-electron chi connectivity index (χ2n) is 2.37. The van der Waals surface area contributed by atoms with Crippen LogP contribution in [0.5, 0.6) is 0 Å². The van der Waals surface area contributed by atoms with Gasteiger partial charge < -0.3 is 0 Å². The molecule has 0 N–H and O–H groups in total. The first kappa shape index (κ1) is 8.53. The molecule has 0 bridgehead atoms. The van der Waals surface area contributed by atoms with E-state index in [9.17, 15) is 9.90 Å². The Morgan fingerprint density at radius 3 is 2.58 bits per heavy atom. The van der Waals surface area contributed by atoms with Crippen molar-refractivity contribution in [3.63, 3.8) is 0 Å². The van der Waals surface area contributed by atoms with Crippen LogP contribution in [0.1, 0.15) is 22.8 Å². The van der Waals surface area contributed by atoms with E-state index >= 15 is 0 Å². The van der Waals surface area contributed by atoms with E-state index in [4.69, 9.17) is 0 Å². The lowest BCUT2D eigenvalue weighted by molar-refractivity contribution is 0.0573. The fraction of sp³-hybridized carbons (Fsp3) is 0.100. The van der Waals surface area contributed by atoms with E-state index in [1.165, 1.54) is 6.07 Å². The summed E-state index contributed by atoms with van der Waals surface area (Å²) >= 11 is 0. The second-order valence-corrected chi connectivity index (χ2v) is 2.37. The highest BCUT2D eigenvalue weighted by atomic mass is 16.4. The average molecular weight is 161 g/mol. The van der Waals surface area contributed by atoms with Crippen molar-refractivity contribution >= 4 is 12.0 Å². The Morgan fingerprint density at radius 2 is 2.00 bits per heavy atom. The van der Waals surface area contributed by atoms with Crippen LogP contribution < -0.4 is 0 Å². The maximum atomic E-state index is 10.6. The third-order valence-corrected chi connectivity index (χ3v) is 1.53. The summed E-state index contributed by atoms with van der Waals surface area (Å²) < 4.78 is 0. The molecule has 0 heterocycles. The van der Waals surface area contributed by atoms with E-state index in [1.807, 2.05) is 6.92 Å². The number of allylic oxidation sites excluding steroid dienone is 1. The first-order valence-electron chi connectivity index (χ1n) is 3.68. The maximum absolute atomic E-state index is 10.6. The van der Waals surface area contributed by atoms with Gasteiger partial charge in [-0.3, -0.25) is 0 Å². The van der Waals surface area contributed by atoms with E-state index in [2.05, 4.69) is 0 Å². The fourth-order valence-electron chi connectivity index (χ4n) is 1.01. The van der Waals surface area contributed by atoms with Gasteiger partial charge in [-0.05, 0) is 18.6 Å². The molecule has 1 radical (unpaired) electrons. The molecule has 2 heteroatoms. The van der Waals surface area contributed by atoms with Crippen LogP contribution in [0, 0.1) is 0 Å². The summed E-state index contributed by atoms with van der Waals surface area (Å²) in [4.78, 5) is 10.6. The summed E-state index contributed by atoms with van der Waals surface area (Å²) in [5, 5.41) is 10.6. The molecule has 61 valence electrons. The molecule has 0 fully saturated rings. The number of hydrogen-bond donors (Lipinski definition) is 0. The molecule has 0 aliphatic carbocycles. The van der Waals surface area contributed by atoms with E-state index in [-0.39, 0.29) is 5.56 Å². The van der Waals surface area contributed by atoms with Gasteiger partial charge in [-0.15, -0.1) is 0 Å². The van der Waals surface area contributed by atoms with Crippen molar-refractivity contribution in [2.45, 2.75) is 6.92 Å². The molecule has 2 nitrogen and oxygen atoms in total. The number of rotatable bonds is 2. The number of carbonyl (C=O) groups is 1. The van der Waals surface area contributed by atoms with Crippen LogP contribution in [0.2, 0.25) is 0 Å². The molecular weight excluding hydrogens is 152 g/mol. The van der Waals surface area contributed by atoms with Gasteiger partial charge in [0, 0.05) is 0 Å².